The number of carbonyl (C=O) groups excluding carboxylic acids is 1. The normalized spacial score (nSPS) is 14.4. The third-order valence-electron chi connectivity index (χ3n) is 3.57. The summed E-state index contributed by atoms with van der Waals surface area (Å²) in [6, 6.07) is 6.95. The van der Waals surface area contributed by atoms with Crippen LogP contribution in [-0.4, -0.2) is 33.9 Å². The van der Waals surface area contributed by atoms with Crippen LogP contribution in [0.1, 0.15) is 21.7 Å². The monoisotopic (exact) mass is 302 g/mol. The van der Waals surface area contributed by atoms with Gasteiger partial charge in [0.25, 0.3) is 5.91 Å². The molecule has 0 fully saturated rings. The SMILES string of the molecule is Nc1cnc2c(n1)CCN(C(=O)c1ccc(Cl)cc1)CC2. The van der Waals surface area contributed by atoms with Crippen LogP contribution in [-0.2, 0) is 12.8 Å². The fraction of sp³-hybridized carbons (Fsp3) is 0.267. The Kier molecular flexibility index (Phi) is 3.75. The van der Waals surface area contributed by atoms with E-state index in [1.54, 1.807) is 30.5 Å². The van der Waals surface area contributed by atoms with Crippen LogP contribution in [0.15, 0.2) is 30.5 Å². The van der Waals surface area contributed by atoms with Crippen molar-refractivity contribution in [2.45, 2.75) is 12.8 Å². The fourth-order valence-corrected chi connectivity index (χ4v) is 2.57. The number of nitrogens with zero attached hydrogens (tertiary/aromatic N) is 3. The zero-order valence-corrected chi connectivity index (χ0v) is 12.2. The first-order chi connectivity index (χ1) is 10.1. The zero-order chi connectivity index (χ0) is 14.8. The van der Waals surface area contributed by atoms with Crippen LogP contribution in [0.25, 0.3) is 0 Å². The number of aromatic nitrogens is 2. The van der Waals surface area contributed by atoms with Gasteiger partial charge < -0.3 is 10.6 Å². The van der Waals surface area contributed by atoms with Gasteiger partial charge in [0.2, 0.25) is 0 Å². The summed E-state index contributed by atoms with van der Waals surface area (Å²) in [5.41, 5.74) is 8.13. The molecule has 6 heteroatoms. The van der Waals surface area contributed by atoms with Crippen molar-refractivity contribution in [1.29, 1.82) is 0 Å². The quantitative estimate of drug-likeness (QED) is 0.874. The minimum atomic E-state index is 0.00689. The molecule has 1 aliphatic heterocycles. The Labute approximate surface area is 127 Å². The van der Waals surface area contributed by atoms with E-state index >= 15 is 0 Å². The highest BCUT2D eigenvalue weighted by Crippen LogP contribution is 2.16. The van der Waals surface area contributed by atoms with Crippen molar-refractivity contribution < 1.29 is 4.79 Å². The summed E-state index contributed by atoms with van der Waals surface area (Å²) in [5, 5.41) is 0.624. The molecule has 0 radical (unpaired) electrons. The lowest BCUT2D eigenvalue weighted by Crippen LogP contribution is -2.33. The van der Waals surface area contributed by atoms with E-state index in [2.05, 4.69) is 9.97 Å². The zero-order valence-electron chi connectivity index (χ0n) is 11.4. The van der Waals surface area contributed by atoms with Gasteiger partial charge in [-0.25, -0.2) is 4.98 Å². The second-order valence-corrected chi connectivity index (χ2v) is 5.42. The van der Waals surface area contributed by atoms with Crippen LogP contribution >= 0.6 is 11.6 Å². The highest BCUT2D eigenvalue weighted by Gasteiger charge is 2.21. The van der Waals surface area contributed by atoms with Crippen molar-refractivity contribution in [3.05, 3.63) is 52.4 Å². The maximum absolute atomic E-state index is 12.5. The molecule has 108 valence electrons. The molecule has 1 aromatic heterocycles. The van der Waals surface area contributed by atoms with Crippen molar-refractivity contribution in [3.8, 4) is 0 Å². The van der Waals surface area contributed by atoms with Gasteiger partial charge >= 0.3 is 0 Å². The molecule has 3 rings (SSSR count). The lowest BCUT2D eigenvalue weighted by Gasteiger charge is -2.20. The van der Waals surface area contributed by atoms with Gasteiger partial charge in [0.15, 0.2) is 0 Å². The standard InChI is InChI=1S/C15H15ClN4O/c16-11-3-1-10(2-4-11)15(21)20-7-5-12-13(6-8-20)19-14(17)9-18-12/h1-4,9H,5-8H2,(H2,17,19). The van der Waals surface area contributed by atoms with E-state index in [0.29, 0.717) is 42.3 Å². The Balaban J connectivity index is 1.77. The van der Waals surface area contributed by atoms with Crippen molar-refractivity contribution in [1.82, 2.24) is 14.9 Å². The molecule has 0 saturated heterocycles. The number of amides is 1. The fourth-order valence-electron chi connectivity index (χ4n) is 2.45. The first-order valence-corrected chi connectivity index (χ1v) is 7.16. The predicted molar refractivity (Wildman–Crippen MR) is 81.2 cm³/mol. The molecule has 0 atom stereocenters. The molecule has 2 N–H and O–H groups in total. The average Bonchev–Trinajstić information content (AvgIpc) is 2.69. The molecule has 2 aromatic rings. The molecule has 2 heterocycles. The number of halogens is 1. The Morgan fingerprint density at radius 3 is 2.52 bits per heavy atom. The molecular weight excluding hydrogens is 288 g/mol. The molecule has 0 bridgehead atoms. The van der Waals surface area contributed by atoms with E-state index in [4.69, 9.17) is 17.3 Å². The molecule has 0 spiro atoms. The van der Waals surface area contributed by atoms with Gasteiger partial charge in [-0.05, 0) is 24.3 Å². The maximum atomic E-state index is 12.5. The van der Waals surface area contributed by atoms with Crippen LogP contribution in [0.3, 0.4) is 0 Å². The molecule has 0 saturated carbocycles. The van der Waals surface area contributed by atoms with Gasteiger partial charge in [0.1, 0.15) is 5.82 Å². The summed E-state index contributed by atoms with van der Waals surface area (Å²) in [6.07, 6.45) is 2.93. The molecule has 21 heavy (non-hydrogen) atoms. The number of carbonyl (C=O) groups is 1. The number of benzene rings is 1. The first-order valence-electron chi connectivity index (χ1n) is 6.78. The molecule has 1 aliphatic rings. The van der Waals surface area contributed by atoms with Crippen LogP contribution in [0, 0.1) is 0 Å². The molecular formula is C15H15ClN4O. The number of nitrogen functional groups attached to an aromatic ring is 1. The van der Waals surface area contributed by atoms with E-state index < -0.39 is 0 Å². The van der Waals surface area contributed by atoms with Gasteiger partial charge in [-0.3, -0.25) is 9.78 Å². The molecule has 5 nitrogen and oxygen atoms in total. The Morgan fingerprint density at radius 2 is 1.81 bits per heavy atom. The van der Waals surface area contributed by atoms with Gasteiger partial charge in [-0.15, -0.1) is 0 Å². The number of hydrogen-bond acceptors (Lipinski definition) is 4. The van der Waals surface area contributed by atoms with E-state index in [9.17, 15) is 4.79 Å². The topological polar surface area (TPSA) is 72.1 Å². The Morgan fingerprint density at radius 1 is 1.14 bits per heavy atom. The largest absolute Gasteiger partial charge is 0.382 e. The van der Waals surface area contributed by atoms with E-state index in [-0.39, 0.29) is 5.91 Å². The lowest BCUT2D eigenvalue weighted by molar-refractivity contribution is 0.0763. The first kappa shape index (κ1) is 13.8. The summed E-state index contributed by atoms with van der Waals surface area (Å²) < 4.78 is 0. The summed E-state index contributed by atoms with van der Waals surface area (Å²) in [5.74, 6) is 0.429. The number of hydrogen-bond donors (Lipinski definition) is 1. The van der Waals surface area contributed by atoms with Crippen LogP contribution in [0.2, 0.25) is 5.02 Å². The number of nitrogens with two attached hydrogens (primary N) is 1. The predicted octanol–water partition coefficient (Wildman–Crippen LogP) is 1.95. The summed E-state index contributed by atoms with van der Waals surface area (Å²) in [7, 11) is 0. The highest BCUT2D eigenvalue weighted by atomic mass is 35.5. The minimum absolute atomic E-state index is 0.00689. The van der Waals surface area contributed by atoms with Crippen molar-refractivity contribution >= 4 is 23.3 Å². The Bertz CT molecular complexity index is 672. The number of rotatable bonds is 1. The van der Waals surface area contributed by atoms with Crippen LogP contribution in [0.4, 0.5) is 5.82 Å². The molecule has 1 aromatic carbocycles. The highest BCUT2D eigenvalue weighted by molar-refractivity contribution is 6.30. The minimum Gasteiger partial charge on any atom is -0.382 e. The van der Waals surface area contributed by atoms with E-state index in [0.717, 1.165) is 11.4 Å². The second kappa shape index (κ2) is 5.69. The van der Waals surface area contributed by atoms with Crippen molar-refractivity contribution in [2.75, 3.05) is 18.8 Å². The molecule has 1 amide bonds. The average molecular weight is 303 g/mol. The van der Waals surface area contributed by atoms with E-state index in [1.165, 1.54) is 0 Å². The molecule has 0 aliphatic carbocycles. The van der Waals surface area contributed by atoms with E-state index in [1.807, 2.05) is 4.90 Å². The lowest BCUT2D eigenvalue weighted by atomic mass is 10.2. The van der Waals surface area contributed by atoms with Crippen molar-refractivity contribution in [2.24, 2.45) is 0 Å². The van der Waals surface area contributed by atoms with Crippen LogP contribution in [0.5, 0.6) is 0 Å². The maximum Gasteiger partial charge on any atom is 0.253 e. The van der Waals surface area contributed by atoms with Crippen molar-refractivity contribution in [3.63, 3.8) is 0 Å². The van der Waals surface area contributed by atoms with Gasteiger partial charge in [-0.1, -0.05) is 11.6 Å². The number of fused-ring (bicyclic) bond motifs is 1. The third kappa shape index (κ3) is 2.97. The molecule has 0 unspecified atom stereocenters. The Hall–Kier alpha value is -2.14. The van der Waals surface area contributed by atoms with Gasteiger partial charge in [0.05, 0.1) is 17.6 Å². The second-order valence-electron chi connectivity index (χ2n) is 4.99. The number of anilines is 1. The van der Waals surface area contributed by atoms with Gasteiger partial charge in [0, 0.05) is 36.5 Å². The smallest absolute Gasteiger partial charge is 0.253 e. The third-order valence-corrected chi connectivity index (χ3v) is 3.82. The van der Waals surface area contributed by atoms with Crippen LogP contribution < -0.4 is 5.73 Å². The summed E-state index contributed by atoms with van der Waals surface area (Å²) in [6.45, 7) is 1.25. The summed E-state index contributed by atoms with van der Waals surface area (Å²) >= 11 is 5.85. The van der Waals surface area contributed by atoms with Gasteiger partial charge in [-0.2, -0.15) is 0 Å². The summed E-state index contributed by atoms with van der Waals surface area (Å²) in [4.78, 5) is 22.9.